The average molecular weight is 243 g/mol. The minimum absolute atomic E-state index is 0.303. The van der Waals surface area contributed by atoms with Crippen LogP contribution in [-0.2, 0) is 19.5 Å². The molecule has 0 atom stereocenters. The fraction of sp³-hybridized carbons (Fsp3) is 0.429. The van der Waals surface area contributed by atoms with Crippen molar-refractivity contribution in [3.8, 4) is 0 Å². The number of ketones is 1. The lowest BCUT2D eigenvalue weighted by Gasteiger charge is -2.16. The van der Waals surface area contributed by atoms with Gasteiger partial charge in [-0.05, 0) is 31.9 Å². The predicted molar refractivity (Wildman–Crippen MR) is 68.7 cm³/mol. The van der Waals surface area contributed by atoms with Crippen LogP contribution in [0.25, 0.3) is 0 Å². The first kappa shape index (κ1) is 11.3. The van der Waals surface area contributed by atoms with Gasteiger partial charge in [-0.15, -0.1) is 0 Å². The topological polar surface area (TPSA) is 39.8 Å². The van der Waals surface area contributed by atoms with Crippen molar-refractivity contribution in [3.63, 3.8) is 0 Å². The van der Waals surface area contributed by atoms with Crippen molar-refractivity contribution in [1.82, 2.24) is 14.3 Å². The first-order chi connectivity index (χ1) is 8.75. The maximum atomic E-state index is 11.9. The van der Waals surface area contributed by atoms with Gasteiger partial charge in [0.2, 0.25) is 0 Å². The normalized spacial score (nSPS) is 14.8. The van der Waals surface area contributed by atoms with Crippen molar-refractivity contribution in [1.29, 1.82) is 0 Å². The van der Waals surface area contributed by atoms with E-state index in [1.807, 2.05) is 23.0 Å². The summed E-state index contributed by atoms with van der Waals surface area (Å²) in [5, 5.41) is 4.21. The smallest absolute Gasteiger partial charge is 0.164 e. The monoisotopic (exact) mass is 243 g/mol. The largest absolute Gasteiger partial charge is 0.346 e. The van der Waals surface area contributed by atoms with E-state index in [2.05, 4.69) is 16.6 Å². The van der Waals surface area contributed by atoms with E-state index in [-0.39, 0.29) is 0 Å². The molecule has 1 aliphatic carbocycles. The van der Waals surface area contributed by atoms with E-state index in [0.717, 1.165) is 31.5 Å². The summed E-state index contributed by atoms with van der Waals surface area (Å²) in [6, 6.07) is 3.97. The van der Waals surface area contributed by atoms with E-state index in [1.54, 1.807) is 6.20 Å². The molecule has 0 aliphatic heterocycles. The average Bonchev–Trinajstić information content (AvgIpc) is 2.95. The fourth-order valence-corrected chi connectivity index (χ4v) is 2.74. The second kappa shape index (κ2) is 4.44. The summed E-state index contributed by atoms with van der Waals surface area (Å²) in [6.07, 6.45) is 6.47. The summed E-state index contributed by atoms with van der Waals surface area (Å²) < 4.78 is 4.20. The van der Waals surface area contributed by atoms with Crippen LogP contribution in [0.1, 0.15) is 34.6 Å². The van der Waals surface area contributed by atoms with E-state index >= 15 is 0 Å². The summed E-state index contributed by atoms with van der Waals surface area (Å²) in [5.41, 5.74) is 3.34. The summed E-state index contributed by atoms with van der Waals surface area (Å²) >= 11 is 0. The van der Waals surface area contributed by atoms with Gasteiger partial charge in [0.05, 0.1) is 6.54 Å². The lowest BCUT2D eigenvalue weighted by Crippen LogP contribution is -2.16. The van der Waals surface area contributed by atoms with Crippen molar-refractivity contribution in [2.24, 2.45) is 0 Å². The molecule has 4 nitrogen and oxygen atoms in total. The lowest BCUT2D eigenvalue weighted by molar-refractivity contribution is 0.0971. The Balaban J connectivity index is 1.85. The van der Waals surface area contributed by atoms with Crippen molar-refractivity contribution in [2.45, 2.75) is 39.3 Å². The third kappa shape index (κ3) is 1.88. The Morgan fingerprint density at radius 3 is 3.00 bits per heavy atom. The van der Waals surface area contributed by atoms with Crippen molar-refractivity contribution >= 4 is 5.78 Å². The van der Waals surface area contributed by atoms with Crippen LogP contribution in [0, 0.1) is 6.92 Å². The van der Waals surface area contributed by atoms with Crippen molar-refractivity contribution < 1.29 is 4.79 Å². The zero-order chi connectivity index (χ0) is 12.5. The second-order valence-electron chi connectivity index (χ2n) is 4.84. The number of hydrogen-bond acceptors (Lipinski definition) is 2. The molecule has 1 aliphatic rings. The van der Waals surface area contributed by atoms with Gasteiger partial charge in [-0.1, -0.05) is 0 Å². The number of fused-ring (bicyclic) bond motifs is 1. The lowest BCUT2D eigenvalue weighted by atomic mass is 9.97. The van der Waals surface area contributed by atoms with Crippen LogP contribution in [0.5, 0.6) is 0 Å². The third-order valence-corrected chi connectivity index (χ3v) is 3.65. The van der Waals surface area contributed by atoms with E-state index in [1.165, 1.54) is 11.4 Å². The highest BCUT2D eigenvalue weighted by molar-refractivity contribution is 5.98. The Hall–Kier alpha value is -1.84. The Bertz CT molecular complexity index is 566. The van der Waals surface area contributed by atoms with Crippen LogP contribution in [0.3, 0.4) is 0 Å². The minimum Gasteiger partial charge on any atom is -0.346 e. The number of aryl methyl sites for hydroxylation is 2. The molecule has 2 heterocycles. The summed E-state index contributed by atoms with van der Waals surface area (Å²) in [6.45, 7) is 3.81. The molecule has 0 unspecified atom stereocenters. The molecule has 3 rings (SSSR count). The fourth-order valence-electron chi connectivity index (χ4n) is 2.74. The van der Waals surface area contributed by atoms with Crippen LogP contribution < -0.4 is 0 Å². The van der Waals surface area contributed by atoms with E-state index in [9.17, 15) is 4.79 Å². The van der Waals surface area contributed by atoms with Gasteiger partial charge in [-0.3, -0.25) is 9.48 Å². The summed E-state index contributed by atoms with van der Waals surface area (Å²) in [5.74, 6) is 0.303. The zero-order valence-electron chi connectivity index (χ0n) is 10.6. The number of carbonyl (C=O) groups excluding carboxylic acids is 1. The van der Waals surface area contributed by atoms with Gasteiger partial charge in [-0.2, -0.15) is 5.10 Å². The van der Waals surface area contributed by atoms with Gasteiger partial charge in [-0.25, -0.2) is 0 Å². The van der Waals surface area contributed by atoms with Crippen LogP contribution in [-0.4, -0.2) is 20.1 Å². The molecule has 0 aromatic carbocycles. The van der Waals surface area contributed by atoms with Crippen LogP contribution in [0.4, 0.5) is 0 Å². The molecule has 94 valence electrons. The van der Waals surface area contributed by atoms with Crippen molar-refractivity contribution in [2.75, 3.05) is 0 Å². The predicted octanol–water partition coefficient (Wildman–Crippen LogP) is 2.21. The van der Waals surface area contributed by atoms with Gasteiger partial charge in [0.1, 0.15) is 0 Å². The minimum atomic E-state index is 0.303. The molecule has 0 bridgehead atoms. The molecular formula is C14H17N3O. The number of carbonyl (C=O) groups is 1. The van der Waals surface area contributed by atoms with Gasteiger partial charge in [0, 0.05) is 42.3 Å². The summed E-state index contributed by atoms with van der Waals surface area (Å²) in [7, 11) is 0. The maximum Gasteiger partial charge on any atom is 0.164 e. The van der Waals surface area contributed by atoms with Gasteiger partial charge >= 0.3 is 0 Å². The molecular weight excluding hydrogens is 226 g/mol. The molecule has 0 fully saturated rings. The SMILES string of the molecule is Cc1cc2c(n1CCn1cccn1)CCCC2=O. The molecule has 0 N–H and O–H groups in total. The van der Waals surface area contributed by atoms with Crippen molar-refractivity contribution in [3.05, 3.63) is 41.5 Å². The molecule has 2 aromatic heterocycles. The standard InChI is InChI=1S/C14H17N3O/c1-11-10-12-13(4-2-5-14(12)18)17(11)9-8-16-7-3-6-15-16/h3,6-7,10H,2,4-5,8-9H2,1H3. The molecule has 0 amide bonds. The molecule has 2 aromatic rings. The number of hydrogen-bond donors (Lipinski definition) is 0. The van der Waals surface area contributed by atoms with Gasteiger partial charge in [0.15, 0.2) is 5.78 Å². The zero-order valence-corrected chi connectivity index (χ0v) is 10.6. The van der Waals surface area contributed by atoms with Crippen LogP contribution in [0.2, 0.25) is 0 Å². The highest BCUT2D eigenvalue weighted by Gasteiger charge is 2.22. The highest BCUT2D eigenvalue weighted by atomic mass is 16.1. The Morgan fingerprint density at radius 1 is 1.33 bits per heavy atom. The number of aromatic nitrogens is 3. The quantitative estimate of drug-likeness (QED) is 0.829. The third-order valence-electron chi connectivity index (χ3n) is 3.65. The van der Waals surface area contributed by atoms with Gasteiger partial charge < -0.3 is 4.57 Å². The van der Waals surface area contributed by atoms with Crippen LogP contribution in [0.15, 0.2) is 24.5 Å². The number of Topliss-reactive ketones (excluding diaryl/α,β-unsaturated/α-hetero) is 1. The molecule has 0 spiro atoms. The van der Waals surface area contributed by atoms with E-state index < -0.39 is 0 Å². The number of rotatable bonds is 3. The second-order valence-corrected chi connectivity index (χ2v) is 4.84. The first-order valence-electron chi connectivity index (χ1n) is 6.45. The Kier molecular flexibility index (Phi) is 2.78. The van der Waals surface area contributed by atoms with E-state index in [4.69, 9.17) is 0 Å². The Morgan fingerprint density at radius 2 is 2.22 bits per heavy atom. The van der Waals surface area contributed by atoms with E-state index in [0.29, 0.717) is 12.2 Å². The van der Waals surface area contributed by atoms with Gasteiger partial charge in [0.25, 0.3) is 0 Å². The first-order valence-corrected chi connectivity index (χ1v) is 6.45. The molecule has 4 heteroatoms. The maximum absolute atomic E-state index is 11.9. The molecule has 0 radical (unpaired) electrons. The molecule has 0 saturated heterocycles. The molecule has 18 heavy (non-hydrogen) atoms. The molecule has 0 saturated carbocycles. The number of nitrogens with zero attached hydrogens (tertiary/aromatic N) is 3. The van der Waals surface area contributed by atoms with Crippen LogP contribution >= 0.6 is 0 Å². The Labute approximate surface area is 106 Å². The summed E-state index contributed by atoms with van der Waals surface area (Å²) in [4.78, 5) is 11.9. The highest BCUT2D eigenvalue weighted by Crippen LogP contribution is 2.24.